The number of benzene rings is 1. The summed E-state index contributed by atoms with van der Waals surface area (Å²) in [5, 5.41) is 0. The van der Waals surface area contributed by atoms with Crippen LogP contribution in [0.2, 0.25) is 0 Å². The number of aryl methyl sites for hydroxylation is 1. The summed E-state index contributed by atoms with van der Waals surface area (Å²) in [6, 6.07) is 3.30. The van der Waals surface area contributed by atoms with Gasteiger partial charge in [0.15, 0.2) is 11.6 Å². The second-order valence-electron chi connectivity index (χ2n) is 11.2. The monoisotopic (exact) mass is 522 g/mol. The SMILES string of the molecule is C=CCCOc1ccc(C2CCC(CC/C=C/C3CCC(c4ncc(CCC)cn4)CC3)CC2)c(F)c1F. The Morgan fingerprint density at radius 2 is 1.63 bits per heavy atom. The number of rotatable bonds is 12. The van der Waals surface area contributed by atoms with Crippen LogP contribution in [-0.4, -0.2) is 16.6 Å². The van der Waals surface area contributed by atoms with E-state index in [0.29, 0.717) is 36.3 Å². The molecular formula is C33H44F2N2O. The summed E-state index contributed by atoms with van der Waals surface area (Å²) in [5.41, 5.74) is 1.75. The lowest BCUT2D eigenvalue weighted by atomic mass is 9.77. The van der Waals surface area contributed by atoms with Gasteiger partial charge >= 0.3 is 0 Å². The molecule has 1 aromatic carbocycles. The molecule has 0 spiro atoms. The zero-order valence-electron chi connectivity index (χ0n) is 23.0. The predicted molar refractivity (Wildman–Crippen MR) is 150 cm³/mol. The minimum atomic E-state index is -0.856. The number of halogens is 2. The highest BCUT2D eigenvalue weighted by Crippen LogP contribution is 2.40. The van der Waals surface area contributed by atoms with Gasteiger partial charge in [0.1, 0.15) is 5.82 Å². The molecule has 2 aliphatic carbocycles. The van der Waals surface area contributed by atoms with Crippen molar-refractivity contribution in [3.8, 4) is 5.75 Å². The Kier molecular flexibility index (Phi) is 10.9. The molecular weight excluding hydrogens is 478 g/mol. The van der Waals surface area contributed by atoms with Crippen LogP contribution in [0.1, 0.15) is 113 Å². The molecule has 0 aliphatic heterocycles. The lowest BCUT2D eigenvalue weighted by Crippen LogP contribution is -2.15. The molecule has 2 saturated carbocycles. The van der Waals surface area contributed by atoms with Crippen LogP contribution in [0, 0.1) is 23.5 Å². The van der Waals surface area contributed by atoms with Crippen LogP contribution >= 0.6 is 0 Å². The first-order valence-electron chi connectivity index (χ1n) is 14.8. The summed E-state index contributed by atoms with van der Waals surface area (Å²) < 4.78 is 34.6. The van der Waals surface area contributed by atoms with Crippen LogP contribution in [0.5, 0.6) is 5.75 Å². The van der Waals surface area contributed by atoms with Crippen LogP contribution in [0.3, 0.4) is 0 Å². The van der Waals surface area contributed by atoms with E-state index in [1.807, 2.05) is 12.4 Å². The highest BCUT2D eigenvalue weighted by atomic mass is 19.2. The highest BCUT2D eigenvalue weighted by molar-refractivity contribution is 5.33. The zero-order chi connectivity index (χ0) is 26.7. The first-order valence-corrected chi connectivity index (χ1v) is 14.8. The predicted octanol–water partition coefficient (Wildman–Crippen LogP) is 9.25. The third-order valence-electron chi connectivity index (χ3n) is 8.49. The fourth-order valence-electron chi connectivity index (χ4n) is 6.17. The van der Waals surface area contributed by atoms with Gasteiger partial charge in [0, 0.05) is 18.3 Å². The van der Waals surface area contributed by atoms with Gasteiger partial charge in [0.2, 0.25) is 5.82 Å². The van der Waals surface area contributed by atoms with E-state index in [4.69, 9.17) is 4.74 Å². The molecule has 1 aromatic heterocycles. The van der Waals surface area contributed by atoms with Gasteiger partial charge in [0.05, 0.1) is 6.61 Å². The van der Waals surface area contributed by atoms with E-state index in [1.54, 1.807) is 18.2 Å². The van der Waals surface area contributed by atoms with Gasteiger partial charge in [-0.2, -0.15) is 4.39 Å². The average Bonchev–Trinajstić information content (AvgIpc) is 2.95. The molecule has 206 valence electrons. The van der Waals surface area contributed by atoms with E-state index >= 15 is 0 Å². The molecule has 0 radical (unpaired) electrons. The van der Waals surface area contributed by atoms with Crippen molar-refractivity contribution in [1.82, 2.24) is 9.97 Å². The molecule has 1 heterocycles. The van der Waals surface area contributed by atoms with Gasteiger partial charge in [-0.1, -0.05) is 37.6 Å². The number of hydrogen-bond donors (Lipinski definition) is 0. The zero-order valence-corrected chi connectivity index (χ0v) is 23.0. The molecule has 2 aliphatic rings. The van der Waals surface area contributed by atoms with E-state index in [-0.39, 0.29) is 11.7 Å². The Labute approximate surface area is 227 Å². The molecule has 3 nitrogen and oxygen atoms in total. The van der Waals surface area contributed by atoms with Crippen LogP contribution in [-0.2, 0) is 6.42 Å². The van der Waals surface area contributed by atoms with Gasteiger partial charge in [-0.25, -0.2) is 14.4 Å². The Bertz CT molecular complexity index is 1040. The maximum atomic E-state index is 14.8. The third kappa shape index (κ3) is 7.74. The van der Waals surface area contributed by atoms with Crippen LogP contribution in [0.4, 0.5) is 8.78 Å². The summed E-state index contributed by atoms with van der Waals surface area (Å²) in [6.45, 7) is 6.11. The molecule has 2 fully saturated rings. The smallest absolute Gasteiger partial charge is 0.200 e. The number of nitrogens with zero attached hydrogens (tertiary/aromatic N) is 2. The minimum Gasteiger partial charge on any atom is -0.490 e. The molecule has 38 heavy (non-hydrogen) atoms. The summed E-state index contributed by atoms with van der Waals surface area (Å²) in [4.78, 5) is 9.29. The van der Waals surface area contributed by atoms with Crippen LogP contribution in [0.15, 0.2) is 49.3 Å². The second kappa shape index (κ2) is 14.6. The summed E-state index contributed by atoms with van der Waals surface area (Å²) in [7, 11) is 0. The molecule has 0 unspecified atom stereocenters. The maximum Gasteiger partial charge on any atom is 0.200 e. The Morgan fingerprint density at radius 3 is 2.32 bits per heavy atom. The van der Waals surface area contributed by atoms with Crippen molar-refractivity contribution in [3.63, 3.8) is 0 Å². The minimum absolute atomic E-state index is 0.00328. The van der Waals surface area contributed by atoms with Crippen LogP contribution in [0.25, 0.3) is 0 Å². The lowest BCUT2D eigenvalue weighted by Gasteiger charge is -2.29. The molecule has 0 bridgehead atoms. The quantitative estimate of drug-likeness (QED) is 0.206. The highest BCUT2D eigenvalue weighted by Gasteiger charge is 2.27. The van der Waals surface area contributed by atoms with Crippen molar-refractivity contribution in [1.29, 1.82) is 0 Å². The standard InChI is InChI=1S/C33H44F2N2O/c1-3-5-21-38-30-20-19-29(31(34)32(30)35)27-15-11-24(12-16-27)9-6-7-10-25-13-17-28(18-14-25)33-36-22-26(8-4-2)23-37-33/h3,7,10,19-20,22-25,27-28H,1,4-6,8-9,11-18,21H2,2H3/b10-7+. The molecule has 0 atom stereocenters. The Morgan fingerprint density at radius 1 is 0.921 bits per heavy atom. The summed E-state index contributed by atoms with van der Waals surface area (Å²) >= 11 is 0. The fraction of sp³-hybridized carbons (Fsp3) is 0.576. The first-order chi connectivity index (χ1) is 18.6. The van der Waals surface area contributed by atoms with Crippen molar-refractivity contribution >= 4 is 0 Å². The topological polar surface area (TPSA) is 35.0 Å². The van der Waals surface area contributed by atoms with E-state index in [9.17, 15) is 8.78 Å². The van der Waals surface area contributed by atoms with Gasteiger partial charge < -0.3 is 4.74 Å². The molecule has 0 saturated heterocycles. The Hall–Kier alpha value is -2.56. The number of ether oxygens (including phenoxy) is 1. The van der Waals surface area contributed by atoms with Crippen molar-refractivity contribution in [2.24, 2.45) is 11.8 Å². The Balaban J connectivity index is 1.15. The second-order valence-corrected chi connectivity index (χ2v) is 11.2. The van der Waals surface area contributed by atoms with Gasteiger partial charge in [-0.15, -0.1) is 6.58 Å². The molecule has 2 aromatic rings. The van der Waals surface area contributed by atoms with E-state index in [1.165, 1.54) is 37.7 Å². The third-order valence-corrected chi connectivity index (χ3v) is 8.49. The van der Waals surface area contributed by atoms with Crippen molar-refractivity contribution in [2.75, 3.05) is 6.61 Å². The molecule has 4 rings (SSSR count). The van der Waals surface area contributed by atoms with Gasteiger partial charge in [-0.05, 0) is 112 Å². The summed E-state index contributed by atoms with van der Waals surface area (Å²) in [5.74, 6) is 1.38. The van der Waals surface area contributed by atoms with Crippen molar-refractivity contribution in [2.45, 2.75) is 102 Å². The molecule has 5 heteroatoms. The van der Waals surface area contributed by atoms with Gasteiger partial charge in [-0.3, -0.25) is 0 Å². The van der Waals surface area contributed by atoms with Crippen molar-refractivity contribution < 1.29 is 13.5 Å². The molecule has 0 amide bonds. The fourth-order valence-corrected chi connectivity index (χ4v) is 6.17. The number of hydrogen-bond acceptors (Lipinski definition) is 3. The van der Waals surface area contributed by atoms with Gasteiger partial charge in [0.25, 0.3) is 0 Å². The largest absolute Gasteiger partial charge is 0.490 e. The maximum absolute atomic E-state index is 14.8. The molecule has 0 N–H and O–H groups in total. The number of allylic oxidation sites excluding steroid dienone is 2. The van der Waals surface area contributed by atoms with E-state index < -0.39 is 11.6 Å². The first kappa shape index (κ1) is 28.4. The number of aromatic nitrogens is 2. The van der Waals surface area contributed by atoms with Crippen molar-refractivity contribution in [3.05, 3.63) is 77.9 Å². The van der Waals surface area contributed by atoms with E-state index in [0.717, 1.165) is 50.8 Å². The normalized spacial score (nSPS) is 24.0. The average molecular weight is 523 g/mol. The lowest BCUT2D eigenvalue weighted by molar-refractivity contribution is 0.292. The van der Waals surface area contributed by atoms with E-state index in [2.05, 4.69) is 35.6 Å². The van der Waals surface area contributed by atoms with Crippen LogP contribution < -0.4 is 4.74 Å². The summed E-state index contributed by atoms with van der Waals surface area (Å²) in [6.07, 6.45) is 24.4.